The number of fused-ring (bicyclic) bond motifs is 1. The van der Waals surface area contributed by atoms with Gasteiger partial charge in [-0.05, 0) is 18.6 Å². The first kappa shape index (κ1) is 11.8. The Hall–Kier alpha value is -1.71. The molecular formula is C13H17NO3. The summed E-state index contributed by atoms with van der Waals surface area (Å²) in [5, 5.41) is 8.97. The van der Waals surface area contributed by atoms with E-state index in [4.69, 9.17) is 9.84 Å². The molecule has 1 unspecified atom stereocenters. The van der Waals surface area contributed by atoms with Gasteiger partial charge >= 0.3 is 5.97 Å². The molecule has 1 aliphatic heterocycles. The van der Waals surface area contributed by atoms with Gasteiger partial charge in [0.2, 0.25) is 0 Å². The zero-order chi connectivity index (χ0) is 12.4. The van der Waals surface area contributed by atoms with Crippen molar-refractivity contribution < 1.29 is 14.6 Å². The van der Waals surface area contributed by atoms with Gasteiger partial charge in [0.1, 0.15) is 5.75 Å². The molecule has 0 aliphatic carbocycles. The van der Waals surface area contributed by atoms with E-state index in [0.29, 0.717) is 0 Å². The summed E-state index contributed by atoms with van der Waals surface area (Å²) in [6, 6.07) is 5.86. The summed E-state index contributed by atoms with van der Waals surface area (Å²) in [5.74, 6) is 0.0894. The van der Waals surface area contributed by atoms with Crippen molar-refractivity contribution in [1.82, 2.24) is 0 Å². The Morgan fingerprint density at radius 2 is 2.35 bits per heavy atom. The van der Waals surface area contributed by atoms with Crippen molar-refractivity contribution in [3.63, 3.8) is 0 Å². The third kappa shape index (κ3) is 2.20. The summed E-state index contributed by atoms with van der Waals surface area (Å²) >= 11 is 0. The SMILES string of the molecule is COc1cccc2c1C(CC(=O)O)CCN2C. The van der Waals surface area contributed by atoms with Gasteiger partial charge in [-0.1, -0.05) is 6.07 Å². The molecule has 4 nitrogen and oxygen atoms in total. The Bertz CT molecular complexity index is 431. The molecule has 1 aromatic rings. The second-order valence-corrected chi connectivity index (χ2v) is 4.40. The first-order valence-corrected chi connectivity index (χ1v) is 5.73. The van der Waals surface area contributed by atoms with Crippen LogP contribution >= 0.6 is 0 Å². The molecule has 0 saturated heterocycles. The average molecular weight is 235 g/mol. The minimum absolute atomic E-state index is 0.0508. The van der Waals surface area contributed by atoms with E-state index < -0.39 is 5.97 Å². The molecule has 1 N–H and O–H groups in total. The van der Waals surface area contributed by atoms with Crippen LogP contribution in [0.4, 0.5) is 5.69 Å². The van der Waals surface area contributed by atoms with Crippen molar-refractivity contribution in [1.29, 1.82) is 0 Å². The van der Waals surface area contributed by atoms with Gasteiger partial charge in [0, 0.05) is 30.8 Å². The fourth-order valence-electron chi connectivity index (χ4n) is 2.48. The number of hydrogen-bond donors (Lipinski definition) is 1. The van der Waals surface area contributed by atoms with Gasteiger partial charge in [-0.3, -0.25) is 4.79 Å². The van der Waals surface area contributed by atoms with Gasteiger partial charge in [0.15, 0.2) is 0 Å². The molecule has 0 amide bonds. The highest BCUT2D eigenvalue weighted by molar-refractivity contribution is 5.71. The maximum absolute atomic E-state index is 10.9. The maximum atomic E-state index is 10.9. The number of methoxy groups -OCH3 is 1. The van der Waals surface area contributed by atoms with Crippen LogP contribution < -0.4 is 9.64 Å². The summed E-state index contributed by atoms with van der Waals surface area (Å²) in [6.07, 6.45) is 1.03. The monoisotopic (exact) mass is 235 g/mol. The van der Waals surface area contributed by atoms with Crippen LogP contribution in [-0.2, 0) is 4.79 Å². The highest BCUT2D eigenvalue weighted by Gasteiger charge is 2.28. The highest BCUT2D eigenvalue weighted by atomic mass is 16.5. The lowest BCUT2D eigenvalue weighted by Gasteiger charge is -2.33. The van der Waals surface area contributed by atoms with Crippen molar-refractivity contribution in [2.24, 2.45) is 0 Å². The lowest BCUT2D eigenvalue weighted by molar-refractivity contribution is -0.137. The fourth-order valence-corrected chi connectivity index (χ4v) is 2.48. The number of benzene rings is 1. The summed E-state index contributed by atoms with van der Waals surface area (Å²) in [4.78, 5) is 13.1. The van der Waals surface area contributed by atoms with E-state index in [9.17, 15) is 4.79 Å². The summed E-state index contributed by atoms with van der Waals surface area (Å²) in [7, 11) is 3.65. The van der Waals surface area contributed by atoms with E-state index in [2.05, 4.69) is 4.90 Å². The smallest absolute Gasteiger partial charge is 0.303 e. The van der Waals surface area contributed by atoms with Crippen molar-refractivity contribution in [3.8, 4) is 5.75 Å². The second-order valence-electron chi connectivity index (χ2n) is 4.40. The van der Waals surface area contributed by atoms with E-state index in [1.807, 2.05) is 25.2 Å². The van der Waals surface area contributed by atoms with E-state index >= 15 is 0 Å². The van der Waals surface area contributed by atoms with Gasteiger partial charge in [-0.2, -0.15) is 0 Å². The van der Waals surface area contributed by atoms with Crippen molar-refractivity contribution in [2.75, 3.05) is 25.6 Å². The Morgan fingerprint density at radius 3 is 3.00 bits per heavy atom. The number of hydrogen-bond acceptors (Lipinski definition) is 3. The highest BCUT2D eigenvalue weighted by Crippen LogP contribution is 2.42. The molecule has 92 valence electrons. The zero-order valence-electron chi connectivity index (χ0n) is 10.1. The van der Waals surface area contributed by atoms with Crippen LogP contribution in [-0.4, -0.2) is 31.8 Å². The van der Waals surface area contributed by atoms with Crippen LogP contribution in [0, 0.1) is 0 Å². The van der Waals surface area contributed by atoms with Gasteiger partial charge in [-0.25, -0.2) is 0 Å². The number of rotatable bonds is 3. The molecule has 0 spiro atoms. The molecule has 1 aromatic carbocycles. The minimum Gasteiger partial charge on any atom is -0.496 e. The van der Waals surface area contributed by atoms with Gasteiger partial charge < -0.3 is 14.7 Å². The molecule has 1 atom stereocenters. The van der Waals surface area contributed by atoms with Crippen LogP contribution in [0.5, 0.6) is 5.75 Å². The van der Waals surface area contributed by atoms with Gasteiger partial charge in [0.05, 0.1) is 13.5 Å². The standard InChI is InChI=1S/C13H17NO3/c1-14-7-6-9(8-12(15)16)13-10(14)4-3-5-11(13)17-2/h3-5,9H,6-8H2,1-2H3,(H,15,16). The number of aliphatic carboxylic acids is 1. The molecule has 0 fully saturated rings. The molecule has 17 heavy (non-hydrogen) atoms. The lowest BCUT2D eigenvalue weighted by atomic mass is 9.87. The molecule has 0 aromatic heterocycles. The Labute approximate surface area is 101 Å². The first-order chi connectivity index (χ1) is 8.13. The third-order valence-electron chi connectivity index (χ3n) is 3.32. The largest absolute Gasteiger partial charge is 0.496 e. The number of carboxylic acid groups (broad SMARTS) is 1. The normalized spacial score (nSPS) is 18.7. The number of nitrogens with zero attached hydrogens (tertiary/aromatic N) is 1. The molecule has 1 heterocycles. The van der Waals surface area contributed by atoms with Crippen molar-refractivity contribution in [3.05, 3.63) is 23.8 Å². The van der Waals surface area contributed by atoms with E-state index in [1.54, 1.807) is 7.11 Å². The van der Waals surface area contributed by atoms with Gasteiger partial charge in [0.25, 0.3) is 0 Å². The third-order valence-corrected chi connectivity index (χ3v) is 3.32. The zero-order valence-corrected chi connectivity index (χ0v) is 10.1. The lowest BCUT2D eigenvalue weighted by Crippen LogP contribution is -2.28. The van der Waals surface area contributed by atoms with Crippen LogP contribution in [0.1, 0.15) is 24.3 Å². The topological polar surface area (TPSA) is 49.8 Å². The summed E-state index contributed by atoms with van der Waals surface area (Å²) in [5.41, 5.74) is 2.12. The number of anilines is 1. The number of carbonyl (C=O) groups is 1. The minimum atomic E-state index is -0.753. The molecule has 2 rings (SSSR count). The summed E-state index contributed by atoms with van der Waals surface area (Å²) in [6.45, 7) is 0.887. The van der Waals surface area contributed by atoms with Crippen molar-refractivity contribution in [2.45, 2.75) is 18.8 Å². The maximum Gasteiger partial charge on any atom is 0.303 e. The number of carboxylic acids is 1. The second kappa shape index (κ2) is 4.65. The predicted molar refractivity (Wildman–Crippen MR) is 65.9 cm³/mol. The Balaban J connectivity index is 2.44. The van der Waals surface area contributed by atoms with Crippen LogP contribution in [0.2, 0.25) is 0 Å². The van der Waals surface area contributed by atoms with E-state index in [1.165, 1.54) is 0 Å². The Kier molecular flexibility index (Phi) is 3.22. The van der Waals surface area contributed by atoms with E-state index in [0.717, 1.165) is 30.0 Å². The van der Waals surface area contributed by atoms with Crippen molar-refractivity contribution >= 4 is 11.7 Å². The fraction of sp³-hybridized carbons (Fsp3) is 0.462. The number of ether oxygens (including phenoxy) is 1. The summed E-state index contributed by atoms with van der Waals surface area (Å²) < 4.78 is 5.35. The molecule has 1 aliphatic rings. The molecule has 0 saturated carbocycles. The quantitative estimate of drug-likeness (QED) is 0.871. The van der Waals surface area contributed by atoms with E-state index in [-0.39, 0.29) is 12.3 Å². The van der Waals surface area contributed by atoms with Crippen LogP contribution in [0.15, 0.2) is 18.2 Å². The molecular weight excluding hydrogens is 218 g/mol. The first-order valence-electron chi connectivity index (χ1n) is 5.73. The average Bonchev–Trinajstić information content (AvgIpc) is 2.31. The predicted octanol–water partition coefficient (Wildman–Crippen LogP) is 2.09. The van der Waals surface area contributed by atoms with Crippen LogP contribution in [0.25, 0.3) is 0 Å². The molecule has 0 radical (unpaired) electrons. The molecule has 0 bridgehead atoms. The molecule has 4 heteroatoms. The van der Waals surface area contributed by atoms with Gasteiger partial charge in [-0.15, -0.1) is 0 Å². The Morgan fingerprint density at radius 1 is 1.59 bits per heavy atom. The van der Waals surface area contributed by atoms with Crippen LogP contribution in [0.3, 0.4) is 0 Å².